The van der Waals surface area contributed by atoms with Gasteiger partial charge in [-0.3, -0.25) is 0 Å². The predicted molar refractivity (Wildman–Crippen MR) is 83.1 cm³/mol. The Kier molecular flexibility index (Phi) is 4.74. The van der Waals surface area contributed by atoms with Gasteiger partial charge < -0.3 is 10.1 Å². The highest BCUT2D eigenvalue weighted by molar-refractivity contribution is 7.09. The van der Waals surface area contributed by atoms with Crippen LogP contribution in [0.25, 0.3) is 0 Å². The third-order valence-corrected chi connectivity index (χ3v) is 5.71. The van der Waals surface area contributed by atoms with Crippen molar-refractivity contribution in [3.8, 4) is 0 Å². The van der Waals surface area contributed by atoms with Crippen LogP contribution in [0.15, 0.2) is 5.38 Å². The zero-order valence-electron chi connectivity index (χ0n) is 12.5. The van der Waals surface area contributed by atoms with Crippen LogP contribution in [0.1, 0.15) is 75.0 Å². The third-order valence-electron chi connectivity index (χ3n) is 4.66. The van der Waals surface area contributed by atoms with Gasteiger partial charge in [0.05, 0.1) is 11.7 Å². The number of hydrogen-bond donors (Lipinski definition) is 1. The van der Waals surface area contributed by atoms with E-state index in [1.807, 2.05) is 11.3 Å². The molecule has 3 nitrogen and oxygen atoms in total. The molecule has 0 spiro atoms. The molecule has 1 aromatic rings. The van der Waals surface area contributed by atoms with Gasteiger partial charge in [0.15, 0.2) is 0 Å². The Morgan fingerprint density at radius 3 is 2.75 bits per heavy atom. The highest BCUT2D eigenvalue weighted by Gasteiger charge is 2.37. The van der Waals surface area contributed by atoms with E-state index < -0.39 is 0 Å². The molecule has 2 aliphatic rings. The summed E-state index contributed by atoms with van der Waals surface area (Å²) in [5.74, 6) is 0. The molecular weight excluding hydrogens is 268 g/mol. The molecule has 1 atom stereocenters. The van der Waals surface area contributed by atoms with Gasteiger partial charge in [-0.25, -0.2) is 4.98 Å². The van der Waals surface area contributed by atoms with Gasteiger partial charge in [-0.05, 0) is 39.2 Å². The summed E-state index contributed by atoms with van der Waals surface area (Å²) in [6.45, 7) is 4.03. The molecular formula is C16H26N2OS. The number of nitrogens with one attached hydrogen (secondary N) is 1. The summed E-state index contributed by atoms with van der Waals surface area (Å²) in [5, 5.41) is 7.03. The summed E-state index contributed by atoms with van der Waals surface area (Å²) in [5.41, 5.74) is 1.15. The molecule has 0 bridgehead atoms. The fourth-order valence-corrected chi connectivity index (χ4v) is 4.67. The van der Waals surface area contributed by atoms with Gasteiger partial charge >= 0.3 is 0 Å². The molecule has 1 aliphatic heterocycles. The van der Waals surface area contributed by atoms with Crippen LogP contribution >= 0.6 is 11.3 Å². The lowest BCUT2D eigenvalue weighted by molar-refractivity contribution is -0.0561. The van der Waals surface area contributed by atoms with Crippen LogP contribution in [0, 0.1) is 0 Å². The van der Waals surface area contributed by atoms with Crippen LogP contribution in [-0.2, 0) is 10.3 Å². The molecule has 0 aromatic carbocycles. The van der Waals surface area contributed by atoms with Crippen LogP contribution in [0.4, 0.5) is 0 Å². The van der Waals surface area contributed by atoms with Crippen molar-refractivity contribution in [2.75, 3.05) is 13.2 Å². The van der Waals surface area contributed by atoms with E-state index >= 15 is 0 Å². The Morgan fingerprint density at radius 2 is 2.10 bits per heavy atom. The monoisotopic (exact) mass is 294 g/mol. The SMILES string of the molecule is CCOC1(c2nc(C3CCCN3)cs2)CCCCCC1. The molecule has 1 saturated heterocycles. The molecule has 4 heteroatoms. The molecule has 0 radical (unpaired) electrons. The van der Waals surface area contributed by atoms with Crippen molar-refractivity contribution in [1.82, 2.24) is 10.3 Å². The second kappa shape index (κ2) is 6.54. The first-order chi connectivity index (χ1) is 9.84. The molecule has 1 unspecified atom stereocenters. The molecule has 0 amide bonds. The zero-order valence-corrected chi connectivity index (χ0v) is 13.3. The maximum atomic E-state index is 6.24. The minimum Gasteiger partial charge on any atom is -0.368 e. The molecule has 3 rings (SSSR count). The van der Waals surface area contributed by atoms with E-state index in [0.717, 1.165) is 26.0 Å². The summed E-state index contributed by atoms with van der Waals surface area (Å²) in [6, 6.07) is 0.476. The smallest absolute Gasteiger partial charge is 0.125 e. The van der Waals surface area contributed by atoms with E-state index in [2.05, 4.69) is 17.6 Å². The summed E-state index contributed by atoms with van der Waals surface area (Å²) in [6.07, 6.45) is 10.0. The highest BCUT2D eigenvalue weighted by atomic mass is 32.1. The van der Waals surface area contributed by atoms with E-state index in [9.17, 15) is 0 Å². The Balaban J connectivity index is 1.82. The minimum atomic E-state index is -0.0905. The summed E-state index contributed by atoms with van der Waals surface area (Å²) in [7, 11) is 0. The van der Waals surface area contributed by atoms with Crippen molar-refractivity contribution in [1.29, 1.82) is 0 Å². The Hall–Kier alpha value is -0.450. The van der Waals surface area contributed by atoms with Crippen molar-refractivity contribution < 1.29 is 4.74 Å². The summed E-state index contributed by atoms with van der Waals surface area (Å²) >= 11 is 1.81. The largest absolute Gasteiger partial charge is 0.368 e. The van der Waals surface area contributed by atoms with Gasteiger partial charge in [0.2, 0.25) is 0 Å². The van der Waals surface area contributed by atoms with Crippen molar-refractivity contribution in [2.45, 2.75) is 69.9 Å². The van der Waals surface area contributed by atoms with Gasteiger partial charge in [0, 0.05) is 12.0 Å². The standard InChI is InChI=1S/C16H26N2OS/c1-2-19-16(9-5-3-4-6-10-16)15-18-14(12-20-15)13-8-7-11-17-13/h12-13,17H,2-11H2,1H3. The number of nitrogens with zero attached hydrogens (tertiary/aromatic N) is 1. The normalized spacial score (nSPS) is 26.6. The first-order valence-electron chi connectivity index (χ1n) is 8.17. The van der Waals surface area contributed by atoms with E-state index in [1.54, 1.807) is 0 Å². The van der Waals surface area contributed by atoms with Crippen LogP contribution in [0.5, 0.6) is 0 Å². The average molecular weight is 294 g/mol. The molecule has 1 aromatic heterocycles. The van der Waals surface area contributed by atoms with Crippen molar-refractivity contribution in [3.63, 3.8) is 0 Å². The van der Waals surface area contributed by atoms with Gasteiger partial charge in [-0.2, -0.15) is 0 Å². The molecule has 1 saturated carbocycles. The van der Waals surface area contributed by atoms with Crippen LogP contribution in [0.2, 0.25) is 0 Å². The number of aromatic nitrogens is 1. The van der Waals surface area contributed by atoms with Crippen molar-refractivity contribution >= 4 is 11.3 Å². The molecule has 2 heterocycles. The predicted octanol–water partition coefficient (Wildman–Crippen LogP) is 4.15. The van der Waals surface area contributed by atoms with Crippen LogP contribution in [0.3, 0.4) is 0 Å². The van der Waals surface area contributed by atoms with Crippen LogP contribution < -0.4 is 5.32 Å². The third kappa shape index (κ3) is 2.92. The zero-order chi connectivity index (χ0) is 13.8. The first kappa shape index (κ1) is 14.5. The molecule has 20 heavy (non-hydrogen) atoms. The quantitative estimate of drug-likeness (QED) is 0.847. The second-order valence-electron chi connectivity index (χ2n) is 6.07. The maximum Gasteiger partial charge on any atom is 0.125 e. The lowest BCUT2D eigenvalue weighted by atomic mass is 9.94. The van der Waals surface area contributed by atoms with E-state index in [4.69, 9.17) is 9.72 Å². The minimum absolute atomic E-state index is 0.0905. The summed E-state index contributed by atoms with van der Waals surface area (Å²) in [4.78, 5) is 4.98. The number of thiazole rings is 1. The van der Waals surface area contributed by atoms with E-state index in [-0.39, 0.29) is 5.60 Å². The second-order valence-corrected chi connectivity index (χ2v) is 6.93. The Labute approximate surface area is 126 Å². The molecule has 2 fully saturated rings. The number of hydrogen-bond acceptors (Lipinski definition) is 4. The van der Waals surface area contributed by atoms with Crippen molar-refractivity contribution in [2.24, 2.45) is 0 Å². The fourth-order valence-electron chi connectivity index (χ4n) is 3.59. The molecule has 1 N–H and O–H groups in total. The Morgan fingerprint density at radius 1 is 1.30 bits per heavy atom. The molecule has 1 aliphatic carbocycles. The van der Waals surface area contributed by atoms with Crippen LogP contribution in [-0.4, -0.2) is 18.1 Å². The van der Waals surface area contributed by atoms with E-state index in [0.29, 0.717) is 6.04 Å². The van der Waals surface area contributed by atoms with Gasteiger partial charge in [-0.1, -0.05) is 25.7 Å². The van der Waals surface area contributed by atoms with E-state index in [1.165, 1.54) is 49.2 Å². The van der Waals surface area contributed by atoms with Gasteiger partial charge in [-0.15, -0.1) is 11.3 Å². The van der Waals surface area contributed by atoms with Gasteiger partial charge in [0.25, 0.3) is 0 Å². The number of ether oxygens (including phenoxy) is 1. The average Bonchev–Trinajstić information content (AvgIpc) is 3.09. The fraction of sp³-hybridized carbons (Fsp3) is 0.812. The van der Waals surface area contributed by atoms with Crippen molar-refractivity contribution in [3.05, 3.63) is 16.1 Å². The highest BCUT2D eigenvalue weighted by Crippen LogP contribution is 2.41. The topological polar surface area (TPSA) is 34.1 Å². The molecule has 112 valence electrons. The summed E-state index contributed by atoms with van der Waals surface area (Å²) < 4.78 is 6.24. The van der Waals surface area contributed by atoms with Gasteiger partial charge in [0.1, 0.15) is 10.6 Å². The lowest BCUT2D eigenvalue weighted by Crippen LogP contribution is -2.29. The Bertz CT molecular complexity index is 418. The number of rotatable bonds is 4. The maximum absolute atomic E-state index is 6.24. The lowest BCUT2D eigenvalue weighted by Gasteiger charge is -2.30. The first-order valence-corrected chi connectivity index (χ1v) is 9.05.